The highest BCUT2D eigenvalue weighted by Gasteiger charge is 2.28. The van der Waals surface area contributed by atoms with Gasteiger partial charge in [0.25, 0.3) is 0 Å². The summed E-state index contributed by atoms with van der Waals surface area (Å²) in [5.74, 6) is 0. The molecule has 4 aliphatic heterocycles. The summed E-state index contributed by atoms with van der Waals surface area (Å²) < 4.78 is 11.2. The maximum atomic E-state index is 3.97. The van der Waals surface area contributed by atoms with Crippen molar-refractivity contribution in [2.24, 2.45) is 0 Å². The van der Waals surface area contributed by atoms with Crippen molar-refractivity contribution in [2.75, 3.05) is 25.0 Å². The van der Waals surface area contributed by atoms with Gasteiger partial charge >= 0.3 is 0 Å². The molecule has 55 heavy (non-hydrogen) atoms. The number of thioether (sulfide) groups is 12. The lowest BCUT2D eigenvalue weighted by atomic mass is 9.93. The molecular formula is C43H32S12. The first-order chi connectivity index (χ1) is 27.0. The molecule has 4 aromatic carbocycles. The van der Waals surface area contributed by atoms with Crippen molar-refractivity contribution in [2.45, 2.75) is 0 Å². The highest BCUT2D eigenvalue weighted by atomic mass is 32.3. The zero-order valence-corrected chi connectivity index (χ0v) is 39.7. The summed E-state index contributed by atoms with van der Waals surface area (Å²) >= 11 is 22.6. The molecule has 0 saturated carbocycles. The van der Waals surface area contributed by atoms with Crippen molar-refractivity contribution in [3.63, 3.8) is 0 Å². The van der Waals surface area contributed by atoms with Gasteiger partial charge in [0.1, 0.15) is 0 Å². The highest BCUT2D eigenvalue weighted by molar-refractivity contribution is 8.43. The number of hydrogen-bond donors (Lipinski definition) is 0. The summed E-state index contributed by atoms with van der Waals surface area (Å²) in [4.78, 5) is 2.61. The Morgan fingerprint density at radius 1 is 0.382 bits per heavy atom. The zero-order chi connectivity index (χ0) is 37.7. The summed E-state index contributed by atoms with van der Waals surface area (Å²) in [5, 5.41) is 4.63. The standard InChI is InChI=1S/C43H32S12/c1-44-36-37(45-2)53-42(52-36)40-48-24-34(50-40)30-19-15-28(16-20-30)32(26-11-7-5-8-12-26)23-33(27-13-9-6-10-14-27)29-17-21-31(22-18-29)35-25-49-41(51-35)43-54-38(46-3)39(47-4)55-43/h5-22,24-25H,1-4H3. The topological polar surface area (TPSA) is 0 Å². The van der Waals surface area contributed by atoms with E-state index in [1.165, 1.54) is 54.8 Å². The Bertz CT molecular complexity index is 2160. The van der Waals surface area contributed by atoms with E-state index in [0.29, 0.717) is 0 Å². The predicted octanol–water partition coefficient (Wildman–Crippen LogP) is 17.3. The van der Waals surface area contributed by atoms with E-state index in [0.717, 1.165) is 33.4 Å². The van der Waals surface area contributed by atoms with E-state index >= 15 is 0 Å². The van der Waals surface area contributed by atoms with E-state index in [1.807, 2.05) is 141 Å². The van der Waals surface area contributed by atoms with Crippen LogP contribution in [0.1, 0.15) is 33.4 Å². The summed E-state index contributed by atoms with van der Waals surface area (Å²) in [5.41, 5.74) is 13.2. The van der Waals surface area contributed by atoms with Gasteiger partial charge in [-0.25, -0.2) is 0 Å². The van der Waals surface area contributed by atoms with Crippen LogP contribution in [0.25, 0.3) is 21.0 Å². The summed E-state index contributed by atoms with van der Waals surface area (Å²) in [7, 11) is 0. The van der Waals surface area contributed by atoms with Crippen LogP contribution in [0.4, 0.5) is 0 Å². The van der Waals surface area contributed by atoms with E-state index in [2.05, 4.69) is 151 Å². The van der Waals surface area contributed by atoms with Crippen molar-refractivity contribution in [3.8, 4) is 0 Å². The first kappa shape index (κ1) is 40.8. The third kappa shape index (κ3) is 9.43. The molecule has 0 spiro atoms. The average Bonchev–Trinajstić information content (AvgIpc) is 4.08. The molecular weight excluding hydrogens is 901 g/mol. The molecule has 0 unspecified atom stereocenters. The fraction of sp³-hybridized carbons (Fsp3) is 0.0930. The Labute approximate surface area is 375 Å². The molecule has 0 aromatic heterocycles. The van der Waals surface area contributed by atoms with Crippen molar-refractivity contribution in [1.29, 1.82) is 0 Å². The predicted molar refractivity (Wildman–Crippen MR) is 273 cm³/mol. The first-order valence-electron chi connectivity index (χ1n) is 16.8. The molecule has 0 fully saturated rings. The minimum Gasteiger partial charge on any atom is -0.121 e. The molecule has 8 rings (SSSR count). The van der Waals surface area contributed by atoms with Gasteiger partial charge in [-0.1, -0.05) is 203 Å². The van der Waals surface area contributed by atoms with Gasteiger partial charge in [0, 0.05) is 21.0 Å². The van der Waals surface area contributed by atoms with Gasteiger partial charge in [-0.2, -0.15) is 0 Å². The minimum absolute atomic E-state index is 1.08. The van der Waals surface area contributed by atoms with E-state index in [4.69, 9.17) is 0 Å². The molecule has 4 aromatic rings. The molecule has 0 N–H and O–H groups in total. The molecule has 0 aliphatic carbocycles. The van der Waals surface area contributed by atoms with Gasteiger partial charge in [-0.3, -0.25) is 0 Å². The maximum Gasteiger partial charge on any atom is 0.0717 e. The Hall–Kier alpha value is -0.960. The molecule has 4 heterocycles. The summed E-state index contributed by atoms with van der Waals surface area (Å²) in [6.45, 7) is 0. The largest absolute Gasteiger partial charge is 0.121 e. The zero-order valence-electron chi connectivity index (χ0n) is 29.9. The molecule has 12 heteroatoms. The SMILES string of the molecule is CSC1=C(SC)SC(=C2SC=C(c3ccc(C(=C=C(c4ccccc4)c4ccc(C5=CSC(=C6SC(SC)=C(SC)S6)S5)cc4)c4ccccc4)cc3)S2)S1. The molecule has 0 radical (unpaired) electrons. The quantitative estimate of drug-likeness (QED) is 0.139. The van der Waals surface area contributed by atoms with Crippen molar-refractivity contribution >= 4 is 162 Å². The van der Waals surface area contributed by atoms with Crippen LogP contribution in [0, 0.1) is 0 Å². The molecule has 0 amide bonds. The van der Waals surface area contributed by atoms with Gasteiger partial charge in [0.05, 0.1) is 33.9 Å². The minimum atomic E-state index is 1.08. The van der Waals surface area contributed by atoms with E-state index < -0.39 is 0 Å². The number of benzene rings is 4. The van der Waals surface area contributed by atoms with Gasteiger partial charge in [0.2, 0.25) is 0 Å². The second kappa shape index (κ2) is 19.4. The van der Waals surface area contributed by atoms with Crippen molar-refractivity contribution < 1.29 is 0 Å². The smallest absolute Gasteiger partial charge is 0.0717 e. The lowest BCUT2D eigenvalue weighted by molar-refractivity contribution is 1.52. The van der Waals surface area contributed by atoms with Crippen LogP contribution in [0.15, 0.2) is 160 Å². The fourth-order valence-electron chi connectivity index (χ4n) is 5.71. The average molecular weight is 934 g/mol. The van der Waals surface area contributed by atoms with E-state index in [-0.39, 0.29) is 0 Å². The van der Waals surface area contributed by atoms with Gasteiger partial charge in [-0.05, 0) is 69.2 Å². The van der Waals surface area contributed by atoms with Crippen LogP contribution in [0.3, 0.4) is 0 Å². The number of hydrogen-bond acceptors (Lipinski definition) is 12. The third-order valence-corrected chi connectivity index (χ3v) is 24.7. The van der Waals surface area contributed by atoms with Crippen LogP contribution in [-0.4, -0.2) is 25.0 Å². The normalized spacial score (nSPS) is 17.0. The van der Waals surface area contributed by atoms with Gasteiger partial charge in [-0.15, -0.1) is 52.8 Å². The Morgan fingerprint density at radius 3 is 1.04 bits per heavy atom. The Kier molecular flexibility index (Phi) is 14.4. The first-order valence-corrected chi connectivity index (χ1v) is 28.4. The number of rotatable bonds is 10. The maximum absolute atomic E-state index is 3.97. The van der Waals surface area contributed by atoms with Crippen LogP contribution < -0.4 is 0 Å². The fourth-order valence-corrected chi connectivity index (χ4v) is 21.0. The van der Waals surface area contributed by atoms with Crippen LogP contribution in [0.2, 0.25) is 0 Å². The Balaban J connectivity index is 1.10. The lowest BCUT2D eigenvalue weighted by Crippen LogP contribution is -1.91. The van der Waals surface area contributed by atoms with Crippen LogP contribution >= 0.6 is 141 Å². The molecule has 0 saturated heterocycles. The van der Waals surface area contributed by atoms with E-state index in [1.54, 1.807) is 0 Å². The summed E-state index contributed by atoms with van der Waals surface area (Å²) in [6.07, 6.45) is 8.70. The lowest BCUT2D eigenvalue weighted by Gasteiger charge is -2.12. The molecule has 0 nitrogen and oxygen atoms in total. The van der Waals surface area contributed by atoms with Crippen LogP contribution in [0.5, 0.6) is 0 Å². The highest BCUT2D eigenvalue weighted by Crippen LogP contribution is 2.64. The third-order valence-electron chi connectivity index (χ3n) is 8.39. The monoisotopic (exact) mass is 932 g/mol. The summed E-state index contributed by atoms with van der Waals surface area (Å²) in [6, 6.07) is 39.5. The van der Waals surface area contributed by atoms with Gasteiger partial charge < -0.3 is 0 Å². The molecule has 0 atom stereocenters. The molecule has 276 valence electrons. The second-order valence-corrected chi connectivity index (χ2v) is 25.0. The van der Waals surface area contributed by atoms with Gasteiger partial charge in [0.15, 0.2) is 0 Å². The molecule has 4 aliphatic rings. The Morgan fingerprint density at radius 2 is 0.709 bits per heavy atom. The van der Waals surface area contributed by atoms with Crippen LogP contribution in [-0.2, 0) is 0 Å². The van der Waals surface area contributed by atoms with E-state index in [9.17, 15) is 0 Å². The second-order valence-electron chi connectivity index (χ2n) is 11.7. The van der Waals surface area contributed by atoms with Crippen molar-refractivity contribution in [3.05, 3.63) is 193 Å². The molecule has 0 bridgehead atoms. The van der Waals surface area contributed by atoms with Crippen molar-refractivity contribution in [1.82, 2.24) is 0 Å².